The summed E-state index contributed by atoms with van der Waals surface area (Å²) in [6.45, 7) is 1.54. The highest BCUT2D eigenvalue weighted by Crippen LogP contribution is 2.34. The first-order chi connectivity index (χ1) is 21.9. The Bertz CT molecular complexity index is 1850. The Morgan fingerprint density at radius 2 is 1.70 bits per heavy atom. The number of aryl methyl sites for hydroxylation is 1. The highest BCUT2D eigenvalue weighted by atomic mass is 19.4. The van der Waals surface area contributed by atoms with Crippen molar-refractivity contribution >= 4 is 28.6 Å². The number of fused-ring (bicyclic) bond motifs is 1. The molecule has 0 radical (unpaired) electrons. The monoisotopic (exact) mass is 638 g/mol. The van der Waals surface area contributed by atoms with E-state index < -0.39 is 29.3 Å². The second-order valence-corrected chi connectivity index (χ2v) is 11.0. The third-order valence-electron chi connectivity index (χ3n) is 7.31. The normalized spacial score (nSPS) is 11.7. The first kappa shape index (κ1) is 32.3. The molecule has 9 nitrogen and oxygen atoms in total. The topological polar surface area (TPSA) is 114 Å². The van der Waals surface area contributed by atoms with Crippen molar-refractivity contribution in [3.8, 4) is 11.1 Å². The zero-order valence-corrected chi connectivity index (χ0v) is 25.0. The molecule has 240 valence electrons. The molecule has 3 heterocycles. The fraction of sp³-hybridized carbons (Fsp3) is 0.250. The van der Waals surface area contributed by atoms with E-state index >= 15 is 0 Å². The maximum absolute atomic E-state index is 13.6. The Balaban J connectivity index is 1.34. The molecule has 2 aromatic carbocycles. The van der Waals surface area contributed by atoms with Crippen molar-refractivity contribution in [3.05, 3.63) is 101 Å². The Morgan fingerprint density at radius 3 is 2.39 bits per heavy atom. The number of pyridine rings is 1. The van der Waals surface area contributed by atoms with Crippen LogP contribution in [0.5, 0.6) is 0 Å². The molecule has 0 saturated heterocycles. The Hall–Kier alpha value is -5.11. The molecule has 4 N–H and O–H groups in total. The minimum absolute atomic E-state index is 0.0782. The molecule has 0 spiro atoms. The van der Waals surface area contributed by atoms with Gasteiger partial charge in [-0.2, -0.15) is 13.2 Å². The van der Waals surface area contributed by atoms with E-state index in [0.717, 1.165) is 59.4 Å². The number of benzene rings is 2. The van der Waals surface area contributed by atoms with Gasteiger partial charge >= 0.3 is 6.18 Å². The van der Waals surface area contributed by atoms with Crippen molar-refractivity contribution in [2.45, 2.75) is 32.2 Å². The van der Waals surface area contributed by atoms with E-state index in [-0.39, 0.29) is 30.0 Å². The van der Waals surface area contributed by atoms with Gasteiger partial charge in [0, 0.05) is 37.6 Å². The van der Waals surface area contributed by atoms with Gasteiger partial charge in [0.25, 0.3) is 5.91 Å². The first-order valence-corrected chi connectivity index (χ1v) is 14.3. The zero-order chi connectivity index (χ0) is 33.0. The van der Waals surface area contributed by atoms with Crippen LogP contribution in [-0.4, -0.2) is 51.0 Å². The molecule has 0 aliphatic heterocycles. The second kappa shape index (κ2) is 13.5. The largest absolute Gasteiger partial charge is 0.417 e. The van der Waals surface area contributed by atoms with Gasteiger partial charge in [0.2, 0.25) is 0 Å². The third kappa shape index (κ3) is 7.40. The first-order valence-electron chi connectivity index (χ1n) is 14.3. The number of aromatic nitrogens is 4. The van der Waals surface area contributed by atoms with Gasteiger partial charge in [-0.05, 0) is 62.0 Å². The van der Waals surface area contributed by atoms with Crippen LogP contribution in [0.2, 0.25) is 0 Å². The van der Waals surface area contributed by atoms with Crippen molar-refractivity contribution in [2.24, 2.45) is 0 Å². The predicted octanol–water partition coefficient (Wildman–Crippen LogP) is 5.87. The summed E-state index contributed by atoms with van der Waals surface area (Å²) in [6.07, 6.45) is 0.243. The maximum Gasteiger partial charge on any atom is 0.417 e. The summed E-state index contributed by atoms with van der Waals surface area (Å²) in [5, 5.41) is 6.13. The van der Waals surface area contributed by atoms with Gasteiger partial charge in [-0.15, -0.1) is 0 Å². The minimum Gasteiger partial charge on any atom is -0.383 e. The SMILES string of the molecule is CN(C)CCCn1cc(-c2ccc(CNc3ncc(C(F)(F)F)cc3C(=O)NCc3ccc(F)c(F)c3)cc2)c2c(N)ncnc21. The molecule has 1 amide bonds. The number of nitrogen functional groups attached to an aromatic ring is 1. The average Bonchev–Trinajstić information content (AvgIpc) is 3.39. The maximum atomic E-state index is 13.6. The van der Waals surface area contributed by atoms with E-state index in [1.165, 1.54) is 12.4 Å². The molecule has 0 unspecified atom stereocenters. The number of halogens is 5. The molecule has 46 heavy (non-hydrogen) atoms. The molecule has 14 heteroatoms. The van der Waals surface area contributed by atoms with Crippen LogP contribution in [0.1, 0.15) is 33.5 Å². The highest BCUT2D eigenvalue weighted by Gasteiger charge is 2.32. The number of carbonyl (C=O) groups is 1. The molecular weight excluding hydrogens is 607 g/mol. The van der Waals surface area contributed by atoms with Crippen LogP contribution in [0.15, 0.2) is 67.3 Å². The number of rotatable bonds is 11. The molecule has 0 atom stereocenters. The fourth-order valence-corrected chi connectivity index (χ4v) is 4.94. The lowest BCUT2D eigenvalue weighted by atomic mass is 10.0. The van der Waals surface area contributed by atoms with Gasteiger partial charge in [0.05, 0.1) is 16.5 Å². The van der Waals surface area contributed by atoms with Crippen molar-refractivity contribution in [1.29, 1.82) is 0 Å². The van der Waals surface area contributed by atoms with Crippen LogP contribution in [0.25, 0.3) is 22.2 Å². The van der Waals surface area contributed by atoms with Crippen molar-refractivity contribution in [2.75, 3.05) is 31.7 Å². The zero-order valence-electron chi connectivity index (χ0n) is 25.0. The summed E-state index contributed by atoms with van der Waals surface area (Å²) in [7, 11) is 4.02. The lowest BCUT2D eigenvalue weighted by Gasteiger charge is -2.15. The van der Waals surface area contributed by atoms with Gasteiger partial charge in [-0.1, -0.05) is 30.3 Å². The number of anilines is 2. The van der Waals surface area contributed by atoms with Gasteiger partial charge in [-0.3, -0.25) is 4.79 Å². The summed E-state index contributed by atoms with van der Waals surface area (Å²) in [6, 6.07) is 11.2. The van der Waals surface area contributed by atoms with Gasteiger partial charge in [0.1, 0.15) is 23.6 Å². The van der Waals surface area contributed by atoms with Crippen LogP contribution in [0.4, 0.5) is 33.6 Å². The van der Waals surface area contributed by atoms with Crippen LogP contribution in [-0.2, 0) is 25.8 Å². The third-order valence-corrected chi connectivity index (χ3v) is 7.31. The second-order valence-electron chi connectivity index (χ2n) is 11.0. The number of hydrogen-bond donors (Lipinski definition) is 3. The number of amides is 1. The highest BCUT2D eigenvalue weighted by molar-refractivity contribution is 6.01. The van der Waals surface area contributed by atoms with E-state index in [0.29, 0.717) is 18.1 Å². The van der Waals surface area contributed by atoms with Crippen molar-refractivity contribution in [3.63, 3.8) is 0 Å². The predicted molar refractivity (Wildman–Crippen MR) is 165 cm³/mol. The number of alkyl halides is 3. The number of nitrogens with two attached hydrogens (primary N) is 1. The summed E-state index contributed by atoms with van der Waals surface area (Å²) in [5.74, 6) is -2.75. The van der Waals surface area contributed by atoms with E-state index in [9.17, 15) is 26.7 Å². The smallest absolute Gasteiger partial charge is 0.383 e. The number of nitrogens with one attached hydrogen (secondary N) is 2. The molecule has 0 fully saturated rings. The lowest BCUT2D eigenvalue weighted by Crippen LogP contribution is -2.25. The molecule has 5 rings (SSSR count). The van der Waals surface area contributed by atoms with Crippen LogP contribution >= 0.6 is 0 Å². The fourth-order valence-electron chi connectivity index (χ4n) is 4.94. The molecule has 0 aliphatic carbocycles. The lowest BCUT2D eigenvalue weighted by molar-refractivity contribution is -0.137. The molecule has 0 aliphatic rings. The molecule has 0 saturated carbocycles. The Kier molecular flexibility index (Phi) is 9.46. The van der Waals surface area contributed by atoms with Gasteiger partial charge < -0.3 is 25.8 Å². The summed E-state index contributed by atoms with van der Waals surface area (Å²) in [5.41, 5.74) is 8.24. The standard InChI is InChI=1S/C32H31F5N8O/c1-44(2)10-3-11-45-17-24(27-28(38)42-18-43-30(27)45)21-7-4-19(5-8-21)14-39-29-23(13-22(16-40-29)32(35,36)37)31(46)41-15-20-6-9-25(33)26(34)12-20/h4-9,12-13,16-18H,3,10-11,14-15H2,1-2H3,(H,39,40)(H,41,46)(H2,38,42,43). The van der Waals surface area contributed by atoms with Crippen LogP contribution in [0.3, 0.4) is 0 Å². The van der Waals surface area contributed by atoms with E-state index in [2.05, 4.69) is 35.1 Å². The van der Waals surface area contributed by atoms with Crippen molar-refractivity contribution < 1.29 is 26.7 Å². The van der Waals surface area contributed by atoms with E-state index in [4.69, 9.17) is 5.73 Å². The van der Waals surface area contributed by atoms with Gasteiger partial charge in [-0.25, -0.2) is 23.7 Å². The van der Waals surface area contributed by atoms with Crippen LogP contribution < -0.4 is 16.4 Å². The Labute approximate surface area is 261 Å². The quantitative estimate of drug-likeness (QED) is 0.155. The Morgan fingerprint density at radius 1 is 0.957 bits per heavy atom. The molecule has 3 aromatic heterocycles. The summed E-state index contributed by atoms with van der Waals surface area (Å²) >= 11 is 0. The van der Waals surface area contributed by atoms with E-state index in [1.807, 2.05) is 44.6 Å². The van der Waals surface area contributed by atoms with Gasteiger partial charge in [0.15, 0.2) is 11.6 Å². The average molecular weight is 639 g/mol. The molecular formula is C32H31F5N8O. The summed E-state index contributed by atoms with van der Waals surface area (Å²) < 4.78 is 69.2. The molecule has 5 aromatic rings. The van der Waals surface area contributed by atoms with Crippen LogP contribution in [0, 0.1) is 11.6 Å². The van der Waals surface area contributed by atoms with E-state index in [1.54, 1.807) is 0 Å². The summed E-state index contributed by atoms with van der Waals surface area (Å²) in [4.78, 5) is 27.6. The number of hydrogen-bond acceptors (Lipinski definition) is 7. The molecule has 0 bridgehead atoms. The minimum atomic E-state index is -4.74. The van der Waals surface area contributed by atoms with Crippen molar-refractivity contribution in [1.82, 2.24) is 29.7 Å². The number of carbonyl (C=O) groups excluding carboxylic acids is 1. The number of nitrogens with zero attached hydrogens (tertiary/aromatic N) is 5.